The Morgan fingerprint density at radius 1 is 0.781 bits per heavy atom. The molecule has 0 spiro atoms. The second-order valence-electron chi connectivity index (χ2n) is 7.58. The van der Waals surface area contributed by atoms with Gasteiger partial charge in [-0.1, -0.05) is 91.0 Å². The summed E-state index contributed by atoms with van der Waals surface area (Å²) in [6.07, 6.45) is 1.08. The second-order valence-corrected chi connectivity index (χ2v) is 8.98. The summed E-state index contributed by atoms with van der Waals surface area (Å²) in [7, 11) is 1.75. The van der Waals surface area contributed by atoms with Gasteiger partial charge >= 0.3 is 0 Å². The summed E-state index contributed by atoms with van der Waals surface area (Å²) in [5.41, 5.74) is 3.45. The van der Waals surface area contributed by atoms with E-state index in [1.807, 2.05) is 78.5 Å². The van der Waals surface area contributed by atoms with Gasteiger partial charge in [-0.15, -0.1) is 11.8 Å². The lowest BCUT2D eigenvalue weighted by Crippen LogP contribution is -2.23. The molecule has 0 aliphatic carbocycles. The highest BCUT2D eigenvalue weighted by molar-refractivity contribution is 8.00. The van der Waals surface area contributed by atoms with Gasteiger partial charge in [0, 0.05) is 12.4 Å². The minimum Gasteiger partial charge on any atom is -0.392 e. The van der Waals surface area contributed by atoms with E-state index in [-0.39, 0.29) is 18.1 Å². The minimum atomic E-state index is 0.0824. The van der Waals surface area contributed by atoms with Crippen molar-refractivity contribution in [1.82, 2.24) is 0 Å². The molecule has 0 amide bonds. The molecule has 4 rings (SSSR count). The molecular formula is C27H32O4S. The standard InChI is InChI=1S/C20H24O3S.C7H8O/c1-21-20-19(23-14-17-10-6-3-7-11-17)12-18(24-20)15-22-13-16-8-4-2-5-9-16;8-6-7-4-2-1-3-5-7/h2-11,18-20H,12-15H2,1H3;1-5,8H,6H2. The zero-order chi connectivity index (χ0) is 22.4. The van der Waals surface area contributed by atoms with E-state index in [9.17, 15) is 0 Å². The lowest BCUT2D eigenvalue weighted by atomic mass is 10.2. The highest BCUT2D eigenvalue weighted by Gasteiger charge is 2.36. The summed E-state index contributed by atoms with van der Waals surface area (Å²) in [6, 6.07) is 30.1. The molecule has 5 heteroatoms. The van der Waals surface area contributed by atoms with Gasteiger partial charge in [0.25, 0.3) is 0 Å². The third-order valence-corrected chi connectivity index (χ3v) is 6.58. The normalized spacial score (nSPS) is 19.9. The maximum Gasteiger partial charge on any atom is 0.129 e. The van der Waals surface area contributed by atoms with Crippen molar-refractivity contribution in [3.63, 3.8) is 0 Å². The molecule has 1 saturated heterocycles. The number of aliphatic hydroxyl groups is 1. The predicted octanol–water partition coefficient (Wildman–Crippen LogP) is 5.45. The van der Waals surface area contributed by atoms with Crippen LogP contribution >= 0.6 is 11.8 Å². The number of methoxy groups -OCH3 is 1. The lowest BCUT2D eigenvalue weighted by molar-refractivity contribution is -0.0250. The van der Waals surface area contributed by atoms with Crippen LogP contribution in [0.1, 0.15) is 23.1 Å². The first-order chi connectivity index (χ1) is 15.8. The molecule has 0 saturated carbocycles. The molecule has 3 unspecified atom stereocenters. The molecule has 3 atom stereocenters. The van der Waals surface area contributed by atoms with Gasteiger partial charge in [0.05, 0.1) is 32.5 Å². The van der Waals surface area contributed by atoms with E-state index in [1.165, 1.54) is 11.1 Å². The van der Waals surface area contributed by atoms with Crippen LogP contribution in [-0.2, 0) is 34.0 Å². The van der Waals surface area contributed by atoms with Gasteiger partial charge in [0.2, 0.25) is 0 Å². The number of ether oxygens (including phenoxy) is 3. The van der Waals surface area contributed by atoms with E-state index in [0.717, 1.165) is 18.6 Å². The van der Waals surface area contributed by atoms with Crippen molar-refractivity contribution in [2.75, 3.05) is 13.7 Å². The van der Waals surface area contributed by atoms with Crippen molar-refractivity contribution in [3.8, 4) is 0 Å². The fraction of sp³-hybridized carbons (Fsp3) is 0.333. The molecule has 1 heterocycles. The van der Waals surface area contributed by atoms with Crippen LogP contribution in [-0.4, -0.2) is 35.6 Å². The van der Waals surface area contributed by atoms with Gasteiger partial charge in [-0.25, -0.2) is 0 Å². The summed E-state index contributed by atoms with van der Waals surface area (Å²) in [6.45, 7) is 2.15. The van der Waals surface area contributed by atoms with Crippen LogP contribution in [0.2, 0.25) is 0 Å². The SMILES string of the molecule is COC1SC(COCc2ccccc2)CC1OCc1ccccc1.OCc1ccccc1. The maximum absolute atomic E-state index is 8.54. The summed E-state index contributed by atoms with van der Waals surface area (Å²) < 4.78 is 17.6. The Hall–Kier alpha value is -2.15. The van der Waals surface area contributed by atoms with Crippen molar-refractivity contribution in [2.24, 2.45) is 0 Å². The summed E-state index contributed by atoms with van der Waals surface area (Å²) in [5, 5.41) is 8.95. The van der Waals surface area contributed by atoms with Crippen molar-refractivity contribution < 1.29 is 19.3 Å². The average molecular weight is 453 g/mol. The Morgan fingerprint density at radius 3 is 1.81 bits per heavy atom. The first-order valence-electron chi connectivity index (χ1n) is 10.9. The van der Waals surface area contributed by atoms with E-state index in [0.29, 0.717) is 18.5 Å². The van der Waals surface area contributed by atoms with Crippen molar-refractivity contribution in [3.05, 3.63) is 108 Å². The molecule has 0 aromatic heterocycles. The Morgan fingerprint density at radius 2 is 1.31 bits per heavy atom. The molecule has 1 aliphatic rings. The molecule has 3 aromatic rings. The number of rotatable bonds is 9. The third kappa shape index (κ3) is 8.41. The third-order valence-electron chi connectivity index (χ3n) is 5.11. The molecule has 32 heavy (non-hydrogen) atoms. The van der Waals surface area contributed by atoms with Crippen LogP contribution in [0, 0.1) is 0 Å². The lowest BCUT2D eigenvalue weighted by Gasteiger charge is -2.17. The summed E-state index contributed by atoms with van der Waals surface area (Å²) in [5.74, 6) is 0. The molecule has 3 aromatic carbocycles. The van der Waals surface area contributed by atoms with Crippen LogP contribution < -0.4 is 0 Å². The van der Waals surface area contributed by atoms with Crippen LogP contribution in [0.5, 0.6) is 0 Å². The molecule has 1 aliphatic heterocycles. The quantitative estimate of drug-likeness (QED) is 0.468. The van der Waals surface area contributed by atoms with Gasteiger partial charge in [-0.3, -0.25) is 0 Å². The topological polar surface area (TPSA) is 47.9 Å². The number of hydrogen-bond donors (Lipinski definition) is 1. The fourth-order valence-corrected chi connectivity index (χ4v) is 4.74. The van der Waals surface area contributed by atoms with Crippen LogP contribution in [0.15, 0.2) is 91.0 Å². The number of thioether (sulfide) groups is 1. The number of benzene rings is 3. The maximum atomic E-state index is 8.54. The van der Waals surface area contributed by atoms with Gasteiger partial charge in [0.1, 0.15) is 5.44 Å². The van der Waals surface area contributed by atoms with Crippen molar-refractivity contribution in [1.29, 1.82) is 0 Å². The van der Waals surface area contributed by atoms with E-state index < -0.39 is 0 Å². The van der Waals surface area contributed by atoms with E-state index in [4.69, 9.17) is 19.3 Å². The van der Waals surface area contributed by atoms with Gasteiger partial charge in [0.15, 0.2) is 0 Å². The Kier molecular flexibility index (Phi) is 10.8. The summed E-state index contributed by atoms with van der Waals surface area (Å²) >= 11 is 1.82. The van der Waals surface area contributed by atoms with E-state index in [2.05, 4.69) is 24.3 Å². The molecule has 0 radical (unpaired) electrons. The van der Waals surface area contributed by atoms with Crippen molar-refractivity contribution in [2.45, 2.75) is 43.0 Å². The highest BCUT2D eigenvalue weighted by Crippen LogP contribution is 2.37. The summed E-state index contributed by atoms with van der Waals surface area (Å²) in [4.78, 5) is 0. The van der Waals surface area contributed by atoms with E-state index in [1.54, 1.807) is 7.11 Å². The predicted molar refractivity (Wildman–Crippen MR) is 130 cm³/mol. The first kappa shape index (κ1) is 24.5. The Labute approximate surface area is 195 Å². The molecule has 0 bridgehead atoms. The molecule has 1 N–H and O–H groups in total. The van der Waals surface area contributed by atoms with Crippen LogP contribution in [0.25, 0.3) is 0 Å². The van der Waals surface area contributed by atoms with Gasteiger partial charge in [-0.05, 0) is 23.1 Å². The van der Waals surface area contributed by atoms with E-state index >= 15 is 0 Å². The minimum absolute atomic E-state index is 0.0824. The largest absolute Gasteiger partial charge is 0.392 e. The zero-order valence-corrected chi connectivity index (χ0v) is 19.3. The van der Waals surface area contributed by atoms with Crippen LogP contribution in [0.3, 0.4) is 0 Å². The van der Waals surface area contributed by atoms with Crippen molar-refractivity contribution >= 4 is 11.8 Å². The smallest absolute Gasteiger partial charge is 0.129 e. The second kappa shape index (κ2) is 14.1. The Bertz CT molecular complexity index is 861. The van der Waals surface area contributed by atoms with Gasteiger partial charge < -0.3 is 19.3 Å². The zero-order valence-electron chi connectivity index (χ0n) is 18.5. The number of aliphatic hydroxyl groups excluding tert-OH is 1. The Balaban J connectivity index is 0.000000305. The fourth-order valence-electron chi connectivity index (χ4n) is 3.41. The molecule has 170 valence electrons. The molecule has 1 fully saturated rings. The average Bonchev–Trinajstić information content (AvgIpc) is 3.27. The number of hydrogen-bond acceptors (Lipinski definition) is 5. The van der Waals surface area contributed by atoms with Gasteiger partial charge in [-0.2, -0.15) is 0 Å². The highest BCUT2D eigenvalue weighted by atomic mass is 32.2. The van der Waals surface area contributed by atoms with Crippen LogP contribution in [0.4, 0.5) is 0 Å². The molecule has 4 nitrogen and oxygen atoms in total. The monoisotopic (exact) mass is 452 g/mol. The molecular weight excluding hydrogens is 420 g/mol. The first-order valence-corrected chi connectivity index (χ1v) is 11.8.